The fourth-order valence-corrected chi connectivity index (χ4v) is 12.9. The maximum absolute atomic E-state index is 14.7. The number of anilines is 1. The van der Waals surface area contributed by atoms with E-state index in [4.69, 9.17) is 15.6 Å². The number of fused-ring (bicyclic) bond motifs is 8. The van der Waals surface area contributed by atoms with Gasteiger partial charge in [-0.1, -0.05) is 84.4 Å². The Morgan fingerprint density at radius 3 is 2.42 bits per heavy atom. The summed E-state index contributed by atoms with van der Waals surface area (Å²) in [5, 5.41) is 7.91. The molecule has 3 saturated carbocycles. The summed E-state index contributed by atoms with van der Waals surface area (Å²) in [5.41, 5.74) is 12.8. The normalized spacial score (nSPS) is 36.7. The highest BCUT2D eigenvalue weighted by molar-refractivity contribution is 5.81. The number of rotatable bonds is 4. The van der Waals surface area contributed by atoms with Crippen molar-refractivity contribution in [3.63, 3.8) is 0 Å². The molecule has 3 N–H and O–H groups in total. The minimum Gasteiger partial charge on any atom is -0.460 e. The molecule has 0 aliphatic heterocycles. The van der Waals surface area contributed by atoms with Crippen LogP contribution >= 0.6 is 0 Å². The van der Waals surface area contributed by atoms with Crippen molar-refractivity contribution in [3.05, 3.63) is 82.6 Å². The summed E-state index contributed by atoms with van der Waals surface area (Å²) in [5.74, 6) is 1.00. The minimum absolute atomic E-state index is 0.0156. The second-order valence-electron chi connectivity index (χ2n) is 18.9. The molecule has 50 heavy (non-hydrogen) atoms. The number of nitrogens with zero attached hydrogens (tertiary/aromatic N) is 2. The first kappa shape index (κ1) is 33.7. The van der Waals surface area contributed by atoms with Crippen LogP contribution in [0.2, 0.25) is 0 Å². The van der Waals surface area contributed by atoms with Crippen LogP contribution in [0.5, 0.6) is 0 Å². The predicted molar refractivity (Wildman–Crippen MR) is 195 cm³/mol. The summed E-state index contributed by atoms with van der Waals surface area (Å²) in [6.07, 6.45) is 10.2. The van der Waals surface area contributed by atoms with Crippen molar-refractivity contribution in [2.75, 3.05) is 5.73 Å². The van der Waals surface area contributed by atoms with E-state index in [-0.39, 0.29) is 45.6 Å². The first-order chi connectivity index (χ1) is 23.6. The Bertz CT molecular complexity index is 1860. The zero-order valence-corrected chi connectivity index (χ0v) is 31.1. The van der Waals surface area contributed by atoms with Gasteiger partial charge in [-0.05, 0) is 126 Å². The van der Waals surface area contributed by atoms with Crippen LogP contribution in [0.25, 0.3) is 5.57 Å². The molecule has 0 saturated heterocycles. The van der Waals surface area contributed by atoms with Gasteiger partial charge in [-0.3, -0.25) is 9.89 Å². The number of hydrogen-bond donors (Lipinski definition) is 2. The maximum atomic E-state index is 14.7. The lowest BCUT2D eigenvalue weighted by Crippen LogP contribution is -2.65. The molecule has 7 atom stereocenters. The summed E-state index contributed by atoms with van der Waals surface area (Å²) in [6.45, 7) is 17.4. The van der Waals surface area contributed by atoms with Crippen molar-refractivity contribution in [2.45, 2.75) is 118 Å². The second kappa shape index (κ2) is 11.0. The van der Waals surface area contributed by atoms with Crippen LogP contribution in [0.3, 0.4) is 0 Å². The van der Waals surface area contributed by atoms with E-state index in [1.165, 1.54) is 22.8 Å². The minimum atomic E-state index is -0.588. The van der Waals surface area contributed by atoms with Crippen molar-refractivity contribution in [1.82, 2.24) is 15.2 Å². The Hall–Kier alpha value is -3.48. The van der Waals surface area contributed by atoms with Crippen LogP contribution in [0.4, 0.5) is 10.2 Å². The fraction of sp³-hybridized carbons (Fsp3) is 0.605. The van der Waals surface area contributed by atoms with Crippen molar-refractivity contribution >= 4 is 17.4 Å². The van der Waals surface area contributed by atoms with Gasteiger partial charge in [-0.15, -0.1) is 0 Å². The zero-order chi connectivity index (χ0) is 35.5. The van der Waals surface area contributed by atoms with Crippen molar-refractivity contribution in [1.29, 1.82) is 0 Å². The molecule has 7 heteroatoms. The lowest BCUT2D eigenvalue weighted by molar-refractivity contribution is -0.181. The summed E-state index contributed by atoms with van der Waals surface area (Å²) in [6, 6.07) is 13.5. The molecule has 3 fully saturated rings. The molecule has 0 spiro atoms. The largest absolute Gasteiger partial charge is 0.460 e. The van der Waals surface area contributed by atoms with Crippen LogP contribution in [0.15, 0.2) is 54.2 Å². The highest BCUT2D eigenvalue weighted by Crippen LogP contribution is 2.77. The third kappa shape index (κ3) is 4.59. The third-order valence-electron chi connectivity index (χ3n) is 15.6. The van der Waals surface area contributed by atoms with Gasteiger partial charge in [0.25, 0.3) is 0 Å². The molecule has 1 aromatic carbocycles. The molecule has 0 radical (unpaired) electrons. The number of ether oxygens (including phenoxy) is 1. The summed E-state index contributed by atoms with van der Waals surface area (Å²) in [4.78, 5) is 18.9. The van der Waals surface area contributed by atoms with Gasteiger partial charge in [0.15, 0.2) is 0 Å². The third-order valence-corrected chi connectivity index (χ3v) is 15.6. The molecule has 266 valence electrons. The molecular weight excluding hydrogens is 623 g/mol. The number of nitrogens with one attached hydrogen (secondary N) is 1. The van der Waals surface area contributed by atoms with Gasteiger partial charge in [0.05, 0.1) is 11.1 Å². The summed E-state index contributed by atoms with van der Waals surface area (Å²) in [7, 11) is 0. The quantitative estimate of drug-likeness (QED) is 0.212. The number of halogens is 1. The number of nitrogens with two attached hydrogens (primary N) is 1. The van der Waals surface area contributed by atoms with Gasteiger partial charge in [0, 0.05) is 17.2 Å². The van der Waals surface area contributed by atoms with Gasteiger partial charge >= 0.3 is 5.97 Å². The molecule has 2 heterocycles. The average Bonchev–Trinajstić information content (AvgIpc) is 3.44. The number of benzene rings is 1. The van der Waals surface area contributed by atoms with Gasteiger partial charge in [0.2, 0.25) is 5.95 Å². The number of aromatic amines is 1. The SMILES string of the molecule is CC1(C)CC[C@]2(C(=O)OCc3ccccc3)CC[C@]3(C)C(=C(c4ccc(F)nc4)CC4[C@@]5(C)Cc6c(n[nH]c6N)C(C)(C)C5CC[C@]43C)[C@@H]2C1. The van der Waals surface area contributed by atoms with E-state index in [0.717, 1.165) is 74.6 Å². The number of allylic oxidation sites excluding steroid dienone is 2. The highest BCUT2D eigenvalue weighted by Gasteiger charge is 2.70. The topological polar surface area (TPSA) is 93.9 Å². The maximum Gasteiger partial charge on any atom is 0.313 e. The van der Waals surface area contributed by atoms with Gasteiger partial charge < -0.3 is 10.5 Å². The number of carbonyl (C=O) groups excluding carboxylic acids is 1. The first-order valence-corrected chi connectivity index (χ1v) is 19.0. The van der Waals surface area contributed by atoms with E-state index in [0.29, 0.717) is 17.7 Å². The number of hydrogen-bond acceptors (Lipinski definition) is 5. The Morgan fingerprint density at radius 2 is 1.70 bits per heavy atom. The Labute approximate surface area is 297 Å². The van der Waals surface area contributed by atoms with Crippen molar-refractivity contribution in [2.24, 2.45) is 44.8 Å². The van der Waals surface area contributed by atoms with Gasteiger partial charge in [0.1, 0.15) is 12.4 Å². The van der Waals surface area contributed by atoms with Crippen LogP contribution in [0.1, 0.15) is 122 Å². The van der Waals surface area contributed by atoms with Gasteiger partial charge in [-0.2, -0.15) is 9.49 Å². The molecule has 0 bridgehead atoms. The Kier molecular flexibility index (Phi) is 7.41. The molecule has 0 amide bonds. The van der Waals surface area contributed by atoms with Crippen LogP contribution < -0.4 is 5.73 Å². The van der Waals surface area contributed by atoms with Gasteiger partial charge in [-0.25, -0.2) is 4.98 Å². The number of pyridine rings is 1. The van der Waals surface area contributed by atoms with E-state index in [1.807, 2.05) is 36.4 Å². The van der Waals surface area contributed by atoms with E-state index in [1.54, 1.807) is 6.20 Å². The fourth-order valence-electron chi connectivity index (χ4n) is 12.9. The Morgan fingerprint density at radius 1 is 0.960 bits per heavy atom. The molecule has 8 rings (SSSR count). The smallest absolute Gasteiger partial charge is 0.313 e. The number of nitrogen functional groups attached to an aromatic ring is 1. The van der Waals surface area contributed by atoms with Crippen LogP contribution in [0, 0.1) is 50.8 Å². The monoisotopic (exact) mass is 678 g/mol. The predicted octanol–water partition coefficient (Wildman–Crippen LogP) is 9.61. The molecule has 5 aliphatic carbocycles. The van der Waals surface area contributed by atoms with E-state index in [9.17, 15) is 9.18 Å². The first-order valence-electron chi connectivity index (χ1n) is 19.0. The Balaban J connectivity index is 1.30. The van der Waals surface area contributed by atoms with Crippen molar-refractivity contribution in [3.8, 4) is 0 Å². The highest BCUT2D eigenvalue weighted by atomic mass is 19.1. The summed E-state index contributed by atoms with van der Waals surface area (Å²) < 4.78 is 20.8. The van der Waals surface area contributed by atoms with Crippen molar-refractivity contribution < 1.29 is 13.9 Å². The molecule has 6 nitrogen and oxygen atoms in total. The van der Waals surface area contributed by atoms with E-state index >= 15 is 0 Å². The molecule has 2 unspecified atom stereocenters. The van der Waals surface area contributed by atoms with E-state index < -0.39 is 11.4 Å². The lowest BCUT2D eigenvalue weighted by atomic mass is 9.33. The molecule has 2 aromatic heterocycles. The number of aromatic nitrogens is 3. The standard InChI is InChI=1S/C43H55FN4O2/c1-38(2)17-19-43(37(49)50-25-26-11-9-8-10-12-26)20-18-42(7)34(30(43)23-38)28(27-13-14-33(44)46-24-27)21-32-40(5)22-29-35(47-48-36(29)45)39(3,4)31(40)15-16-41(32,42)6/h8-14,24,30-32H,15-23,25H2,1-7H3,(H3,45,47,48)/t30-,31?,32?,40-,41+,42+,43-/m0/s1. The molecule has 5 aliphatic rings. The molecular formula is C43H55FN4O2. The number of carbonyl (C=O) groups is 1. The lowest BCUT2D eigenvalue weighted by Gasteiger charge is -2.71. The summed E-state index contributed by atoms with van der Waals surface area (Å²) >= 11 is 0. The zero-order valence-electron chi connectivity index (χ0n) is 31.1. The average molecular weight is 679 g/mol. The number of H-pyrrole nitrogens is 1. The second-order valence-corrected chi connectivity index (χ2v) is 18.9. The van der Waals surface area contributed by atoms with Crippen LogP contribution in [-0.4, -0.2) is 21.2 Å². The van der Waals surface area contributed by atoms with E-state index in [2.05, 4.69) is 58.5 Å². The molecule has 3 aromatic rings. The van der Waals surface area contributed by atoms with Crippen LogP contribution in [-0.2, 0) is 28.0 Å². The number of esters is 1.